The molecule has 0 amide bonds. The highest BCUT2D eigenvalue weighted by Gasteiger charge is 2.36. The molecule has 6 nitrogen and oxygen atoms in total. The number of guanidine groups is 1. The fourth-order valence-corrected chi connectivity index (χ4v) is 3.68. The normalized spacial score (nSPS) is 17.9. The lowest BCUT2D eigenvalue weighted by atomic mass is 9.67. The highest BCUT2D eigenvalue weighted by atomic mass is 16.5. The Morgan fingerprint density at radius 3 is 2.60 bits per heavy atom. The number of hydrogen-bond donors (Lipinski definition) is 2. The van der Waals surface area contributed by atoms with E-state index in [0.29, 0.717) is 11.5 Å². The van der Waals surface area contributed by atoms with Gasteiger partial charge in [0.05, 0.1) is 5.69 Å². The van der Waals surface area contributed by atoms with E-state index in [1.807, 2.05) is 18.8 Å². The molecule has 2 rings (SSSR count). The van der Waals surface area contributed by atoms with E-state index in [-0.39, 0.29) is 0 Å². The van der Waals surface area contributed by atoms with Gasteiger partial charge in [0.2, 0.25) is 0 Å². The molecule has 142 valence electrons. The largest absolute Gasteiger partial charge is 0.385 e. The van der Waals surface area contributed by atoms with Crippen LogP contribution in [0.2, 0.25) is 0 Å². The van der Waals surface area contributed by atoms with Crippen LogP contribution in [0.15, 0.2) is 4.99 Å². The Morgan fingerprint density at radius 2 is 2.12 bits per heavy atom. The lowest BCUT2D eigenvalue weighted by Crippen LogP contribution is -2.49. The van der Waals surface area contributed by atoms with E-state index in [9.17, 15) is 0 Å². The Kier molecular flexibility index (Phi) is 6.87. The number of hydrogen-bond acceptors (Lipinski definition) is 3. The van der Waals surface area contributed by atoms with Gasteiger partial charge in [-0.3, -0.25) is 9.67 Å². The number of aromatic nitrogens is 2. The maximum atomic E-state index is 5.28. The zero-order chi connectivity index (χ0) is 18.4. The molecule has 1 aromatic rings. The number of nitrogens with zero attached hydrogens (tertiary/aromatic N) is 3. The van der Waals surface area contributed by atoms with Gasteiger partial charge < -0.3 is 15.4 Å². The Morgan fingerprint density at radius 1 is 1.40 bits per heavy atom. The van der Waals surface area contributed by atoms with Gasteiger partial charge in [-0.25, -0.2) is 0 Å². The van der Waals surface area contributed by atoms with Gasteiger partial charge in [-0.2, -0.15) is 5.10 Å². The summed E-state index contributed by atoms with van der Waals surface area (Å²) in [7, 11) is 5.62. The van der Waals surface area contributed by atoms with Crippen LogP contribution in [-0.4, -0.2) is 49.1 Å². The van der Waals surface area contributed by atoms with Gasteiger partial charge in [0.1, 0.15) is 0 Å². The molecule has 1 aliphatic rings. The topological polar surface area (TPSA) is 63.5 Å². The summed E-state index contributed by atoms with van der Waals surface area (Å²) >= 11 is 0. The SMILES string of the molecule is CN=C(NCC1(CCOC)CCC1)NC(C)Cc1c(C)nn(C)c1C. The molecule has 0 saturated heterocycles. The second kappa shape index (κ2) is 8.70. The van der Waals surface area contributed by atoms with Gasteiger partial charge in [-0.1, -0.05) is 6.42 Å². The Bertz CT molecular complexity index is 589. The van der Waals surface area contributed by atoms with E-state index >= 15 is 0 Å². The van der Waals surface area contributed by atoms with Crippen molar-refractivity contribution in [2.45, 2.75) is 58.9 Å². The summed E-state index contributed by atoms with van der Waals surface area (Å²) in [5.74, 6) is 0.885. The zero-order valence-corrected chi connectivity index (χ0v) is 16.8. The van der Waals surface area contributed by atoms with Gasteiger partial charge in [0, 0.05) is 46.1 Å². The van der Waals surface area contributed by atoms with Crippen molar-refractivity contribution in [3.05, 3.63) is 17.0 Å². The molecule has 25 heavy (non-hydrogen) atoms. The van der Waals surface area contributed by atoms with Crippen LogP contribution >= 0.6 is 0 Å². The summed E-state index contributed by atoms with van der Waals surface area (Å²) in [4.78, 5) is 4.40. The molecule has 2 N–H and O–H groups in total. The second-order valence-electron chi connectivity index (χ2n) is 7.54. The number of nitrogens with one attached hydrogen (secondary N) is 2. The highest BCUT2D eigenvalue weighted by molar-refractivity contribution is 5.80. The fraction of sp³-hybridized carbons (Fsp3) is 0.789. The lowest BCUT2D eigenvalue weighted by Gasteiger charge is -2.42. The first-order valence-corrected chi connectivity index (χ1v) is 9.36. The number of aryl methyl sites for hydroxylation is 2. The predicted molar refractivity (Wildman–Crippen MR) is 103 cm³/mol. The Balaban J connectivity index is 1.86. The third-order valence-electron chi connectivity index (χ3n) is 5.66. The number of rotatable bonds is 8. The summed E-state index contributed by atoms with van der Waals surface area (Å²) in [6.45, 7) is 8.21. The minimum atomic E-state index is 0.295. The first-order chi connectivity index (χ1) is 11.9. The van der Waals surface area contributed by atoms with Crippen molar-refractivity contribution in [1.82, 2.24) is 20.4 Å². The number of aliphatic imine (C=N–C) groups is 1. The average molecular weight is 350 g/mol. The van der Waals surface area contributed by atoms with Crippen molar-refractivity contribution in [3.63, 3.8) is 0 Å². The minimum absolute atomic E-state index is 0.295. The van der Waals surface area contributed by atoms with Gasteiger partial charge in [-0.15, -0.1) is 0 Å². The van der Waals surface area contributed by atoms with Crippen LogP contribution in [-0.2, 0) is 18.2 Å². The molecule has 0 spiro atoms. The first kappa shape index (κ1) is 19.8. The van der Waals surface area contributed by atoms with Gasteiger partial charge >= 0.3 is 0 Å². The van der Waals surface area contributed by atoms with Crippen molar-refractivity contribution in [2.75, 3.05) is 27.3 Å². The molecule has 0 radical (unpaired) electrons. The Labute approximate surface area is 152 Å². The monoisotopic (exact) mass is 349 g/mol. The van der Waals surface area contributed by atoms with Crippen LogP contribution < -0.4 is 10.6 Å². The van der Waals surface area contributed by atoms with Gasteiger partial charge in [0.25, 0.3) is 0 Å². The van der Waals surface area contributed by atoms with Crippen LogP contribution in [0.5, 0.6) is 0 Å². The molecule has 1 fully saturated rings. The lowest BCUT2D eigenvalue weighted by molar-refractivity contribution is 0.0732. The fourth-order valence-electron chi connectivity index (χ4n) is 3.68. The van der Waals surface area contributed by atoms with Crippen LogP contribution in [0.3, 0.4) is 0 Å². The average Bonchev–Trinajstić information content (AvgIpc) is 2.78. The zero-order valence-electron chi connectivity index (χ0n) is 16.8. The molecule has 0 bridgehead atoms. The first-order valence-electron chi connectivity index (χ1n) is 9.36. The van der Waals surface area contributed by atoms with E-state index in [0.717, 1.165) is 37.6 Å². The second-order valence-corrected chi connectivity index (χ2v) is 7.54. The van der Waals surface area contributed by atoms with Gasteiger partial charge in [-0.05, 0) is 57.4 Å². The maximum Gasteiger partial charge on any atom is 0.191 e. The molecule has 1 heterocycles. The molecule has 1 atom stereocenters. The summed E-state index contributed by atoms with van der Waals surface area (Å²) < 4.78 is 7.24. The summed E-state index contributed by atoms with van der Waals surface area (Å²) in [6, 6.07) is 0.295. The van der Waals surface area contributed by atoms with Crippen molar-refractivity contribution in [3.8, 4) is 0 Å². The standard InChI is InChI=1S/C19H35N5O/c1-14(12-17-15(2)23-24(5)16(17)3)22-18(20-4)21-13-19(8-7-9-19)10-11-25-6/h14H,7-13H2,1-6H3,(H2,20,21,22). The molecular weight excluding hydrogens is 314 g/mol. The number of ether oxygens (including phenoxy) is 1. The molecule has 6 heteroatoms. The van der Waals surface area contributed by atoms with Crippen LogP contribution in [0, 0.1) is 19.3 Å². The van der Waals surface area contributed by atoms with E-state index in [2.05, 4.69) is 41.5 Å². The summed E-state index contributed by atoms with van der Waals surface area (Å²) in [5, 5.41) is 11.6. The van der Waals surface area contributed by atoms with E-state index in [1.54, 1.807) is 7.11 Å². The Hall–Kier alpha value is -1.56. The third-order valence-corrected chi connectivity index (χ3v) is 5.66. The molecule has 1 aliphatic carbocycles. The van der Waals surface area contributed by atoms with Gasteiger partial charge in [0.15, 0.2) is 5.96 Å². The minimum Gasteiger partial charge on any atom is -0.385 e. The molecular formula is C19H35N5O. The summed E-state index contributed by atoms with van der Waals surface area (Å²) in [5.41, 5.74) is 4.06. The van der Waals surface area contributed by atoms with Crippen molar-refractivity contribution in [2.24, 2.45) is 17.5 Å². The van der Waals surface area contributed by atoms with E-state index < -0.39 is 0 Å². The van der Waals surface area contributed by atoms with Crippen molar-refractivity contribution in [1.29, 1.82) is 0 Å². The van der Waals surface area contributed by atoms with Crippen LogP contribution in [0.25, 0.3) is 0 Å². The summed E-state index contributed by atoms with van der Waals surface area (Å²) in [6.07, 6.45) is 5.96. The number of methoxy groups -OCH3 is 1. The quantitative estimate of drug-likeness (QED) is 0.558. The molecule has 1 unspecified atom stereocenters. The van der Waals surface area contributed by atoms with E-state index in [1.165, 1.54) is 30.5 Å². The molecule has 0 aromatic carbocycles. The predicted octanol–water partition coefficient (Wildman–Crippen LogP) is 2.34. The van der Waals surface area contributed by atoms with Crippen molar-refractivity contribution < 1.29 is 4.74 Å². The molecule has 0 aliphatic heterocycles. The highest BCUT2D eigenvalue weighted by Crippen LogP contribution is 2.43. The van der Waals surface area contributed by atoms with Crippen LogP contribution in [0.4, 0.5) is 0 Å². The van der Waals surface area contributed by atoms with E-state index in [4.69, 9.17) is 4.74 Å². The molecule has 1 saturated carbocycles. The van der Waals surface area contributed by atoms with Crippen molar-refractivity contribution >= 4 is 5.96 Å². The third kappa shape index (κ3) is 4.97. The van der Waals surface area contributed by atoms with Crippen LogP contribution in [0.1, 0.15) is 49.6 Å². The molecule has 1 aromatic heterocycles. The maximum absolute atomic E-state index is 5.28. The smallest absolute Gasteiger partial charge is 0.191 e.